The Morgan fingerprint density at radius 3 is 2.69 bits per heavy atom. The van der Waals surface area contributed by atoms with Crippen LogP contribution in [0.5, 0.6) is 5.75 Å². The van der Waals surface area contributed by atoms with Crippen molar-refractivity contribution in [1.29, 1.82) is 5.26 Å². The highest BCUT2D eigenvalue weighted by Crippen LogP contribution is 2.40. The van der Waals surface area contributed by atoms with Crippen LogP contribution in [0, 0.1) is 11.3 Å². The van der Waals surface area contributed by atoms with Crippen LogP contribution in [0.3, 0.4) is 0 Å². The van der Waals surface area contributed by atoms with E-state index >= 15 is 0 Å². The molecule has 1 heterocycles. The molecule has 0 aliphatic carbocycles. The fourth-order valence-corrected chi connectivity index (χ4v) is 2.93. The zero-order valence-electron chi connectivity index (χ0n) is 15.3. The minimum absolute atomic E-state index is 0.0211. The normalized spacial score (nSPS) is 16.8. The molecular weight excluding hydrogens is 336 g/mol. The van der Waals surface area contributed by atoms with Crippen molar-refractivity contribution < 1.29 is 23.7 Å². The smallest absolute Gasteiger partial charge is 0.338 e. The largest absolute Gasteiger partial charge is 0.496 e. The molecule has 0 radical (unpaired) electrons. The lowest BCUT2D eigenvalue weighted by Gasteiger charge is -2.27. The molecule has 0 saturated heterocycles. The molecule has 1 atom stereocenters. The van der Waals surface area contributed by atoms with E-state index in [1.807, 2.05) is 6.07 Å². The molecule has 0 unspecified atom stereocenters. The second kappa shape index (κ2) is 8.41. The molecule has 1 aromatic rings. The number of nitrogens with two attached hydrogens (primary N) is 1. The zero-order valence-corrected chi connectivity index (χ0v) is 15.3. The molecule has 138 valence electrons. The van der Waals surface area contributed by atoms with Crippen molar-refractivity contribution in [3.8, 4) is 11.8 Å². The summed E-state index contributed by atoms with van der Waals surface area (Å²) in [6.45, 7) is 3.87. The number of carbonyl (C=O) groups is 1. The van der Waals surface area contributed by atoms with E-state index < -0.39 is 11.9 Å². The number of hydrogen-bond acceptors (Lipinski definition) is 7. The molecule has 2 N–H and O–H groups in total. The van der Waals surface area contributed by atoms with Gasteiger partial charge < -0.3 is 24.7 Å². The fraction of sp³-hybridized carbons (Fsp3) is 0.368. The van der Waals surface area contributed by atoms with Gasteiger partial charge in [-0.1, -0.05) is 6.07 Å². The van der Waals surface area contributed by atoms with E-state index in [2.05, 4.69) is 6.07 Å². The quantitative estimate of drug-likeness (QED) is 0.779. The third-order valence-corrected chi connectivity index (χ3v) is 4.04. The first-order valence-corrected chi connectivity index (χ1v) is 8.09. The van der Waals surface area contributed by atoms with Gasteiger partial charge >= 0.3 is 5.97 Å². The zero-order chi connectivity index (χ0) is 19.3. The van der Waals surface area contributed by atoms with E-state index in [0.717, 1.165) is 5.56 Å². The predicted molar refractivity (Wildman–Crippen MR) is 93.7 cm³/mol. The van der Waals surface area contributed by atoms with Crippen molar-refractivity contribution in [2.24, 2.45) is 5.73 Å². The monoisotopic (exact) mass is 358 g/mol. The van der Waals surface area contributed by atoms with Gasteiger partial charge in [0.2, 0.25) is 5.88 Å². The molecule has 7 nitrogen and oxygen atoms in total. The molecular formula is C19H22N2O5. The summed E-state index contributed by atoms with van der Waals surface area (Å²) in [5, 5.41) is 9.59. The molecule has 1 aliphatic rings. The van der Waals surface area contributed by atoms with Gasteiger partial charge in [0, 0.05) is 12.7 Å². The number of benzene rings is 1. The first kappa shape index (κ1) is 19.3. The summed E-state index contributed by atoms with van der Waals surface area (Å²) in [6.07, 6.45) is 0. The summed E-state index contributed by atoms with van der Waals surface area (Å²) in [4.78, 5) is 12.5. The minimum Gasteiger partial charge on any atom is -0.496 e. The maximum atomic E-state index is 12.5. The molecule has 2 rings (SSSR count). The molecule has 1 aliphatic heterocycles. The van der Waals surface area contributed by atoms with E-state index in [4.69, 9.17) is 24.7 Å². The SMILES string of the molecule is CCOC(=O)C1=C(C)OC(N)=C(C#N)[C@@H]1c1ccc(OC)c(COC)c1. The van der Waals surface area contributed by atoms with E-state index in [9.17, 15) is 10.1 Å². The van der Waals surface area contributed by atoms with Crippen molar-refractivity contribution in [3.63, 3.8) is 0 Å². The second-order valence-electron chi connectivity index (χ2n) is 5.62. The van der Waals surface area contributed by atoms with Crippen molar-refractivity contribution in [2.45, 2.75) is 26.4 Å². The number of allylic oxidation sites excluding steroid dienone is 2. The molecule has 0 aromatic heterocycles. The van der Waals surface area contributed by atoms with E-state index in [-0.39, 0.29) is 23.6 Å². The minimum atomic E-state index is -0.686. The van der Waals surface area contributed by atoms with Crippen LogP contribution in [0.2, 0.25) is 0 Å². The van der Waals surface area contributed by atoms with E-state index in [0.29, 0.717) is 23.7 Å². The molecule has 0 spiro atoms. The highest BCUT2D eigenvalue weighted by molar-refractivity contribution is 5.92. The van der Waals surface area contributed by atoms with Crippen LogP contribution in [0.1, 0.15) is 30.9 Å². The average molecular weight is 358 g/mol. The van der Waals surface area contributed by atoms with Gasteiger partial charge in [-0.25, -0.2) is 4.79 Å². The van der Waals surface area contributed by atoms with Gasteiger partial charge in [-0.3, -0.25) is 0 Å². The number of nitriles is 1. The van der Waals surface area contributed by atoms with Gasteiger partial charge in [-0.05, 0) is 31.5 Å². The van der Waals surface area contributed by atoms with Gasteiger partial charge in [0.05, 0.1) is 31.8 Å². The summed E-state index contributed by atoms with van der Waals surface area (Å²) in [5.74, 6) is -0.286. The van der Waals surface area contributed by atoms with Gasteiger partial charge in [0.25, 0.3) is 0 Å². The number of nitrogens with zero attached hydrogens (tertiary/aromatic N) is 1. The number of hydrogen-bond donors (Lipinski definition) is 1. The topological polar surface area (TPSA) is 104 Å². The van der Waals surface area contributed by atoms with Crippen LogP contribution in [-0.4, -0.2) is 26.8 Å². The summed E-state index contributed by atoms with van der Waals surface area (Å²) in [5.41, 5.74) is 7.80. The second-order valence-corrected chi connectivity index (χ2v) is 5.62. The number of methoxy groups -OCH3 is 2. The molecule has 26 heavy (non-hydrogen) atoms. The third kappa shape index (κ3) is 3.65. The highest BCUT2D eigenvalue weighted by Gasteiger charge is 2.36. The standard InChI is InChI=1S/C19H22N2O5/c1-5-25-19(22)16-11(2)26-18(21)14(9-20)17(16)12-6-7-15(24-4)13(8-12)10-23-3/h6-8,17H,5,10,21H2,1-4H3/t17-/m0/s1. The number of ether oxygens (including phenoxy) is 4. The van der Waals surface area contributed by atoms with Crippen molar-refractivity contribution >= 4 is 5.97 Å². The van der Waals surface area contributed by atoms with Crippen LogP contribution in [0.4, 0.5) is 0 Å². The Morgan fingerprint density at radius 1 is 1.38 bits per heavy atom. The Morgan fingerprint density at radius 2 is 2.12 bits per heavy atom. The Bertz CT molecular complexity index is 805. The number of carbonyl (C=O) groups excluding carboxylic acids is 1. The third-order valence-electron chi connectivity index (χ3n) is 4.04. The van der Waals surface area contributed by atoms with E-state index in [1.54, 1.807) is 40.2 Å². The molecule has 1 aromatic carbocycles. The van der Waals surface area contributed by atoms with E-state index in [1.165, 1.54) is 0 Å². The molecule has 0 amide bonds. The number of esters is 1. The average Bonchev–Trinajstić information content (AvgIpc) is 2.61. The van der Waals surface area contributed by atoms with Gasteiger partial charge in [-0.2, -0.15) is 5.26 Å². The first-order valence-electron chi connectivity index (χ1n) is 8.09. The molecule has 0 fully saturated rings. The lowest BCUT2D eigenvalue weighted by Crippen LogP contribution is -2.25. The Labute approximate surface area is 152 Å². The Kier molecular flexibility index (Phi) is 6.26. The van der Waals surface area contributed by atoms with Crippen LogP contribution < -0.4 is 10.5 Å². The number of rotatable bonds is 6. The maximum absolute atomic E-state index is 12.5. The summed E-state index contributed by atoms with van der Waals surface area (Å²) >= 11 is 0. The van der Waals surface area contributed by atoms with Crippen molar-refractivity contribution in [1.82, 2.24) is 0 Å². The summed E-state index contributed by atoms with van der Waals surface area (Å²) < 4.78 is 21.1. The fourth-order valence-electron chi connectivity index (χ4n) is 2.93. The Hall–Kier alpha value is -2.98. The molecule has 0 bridgehead atoms. The van der Waals surface area contributed by atoms with Crippen molar-refractivity contribution in [3.05, 3.63) is 52.1 Å². The molecule has 7 heteroatoms. The van der Waals surface area contributed by atoms with Gasteiger partial charge in [-0.15, -0.1) is 0 Å². The van der Waals surface area contributed by atoms with Crippen LogP contribution in [0.25, 0.3) is 0 Å². The van der Waals surface area contributed by atoms with Crippen LogP contribution in [0.15, 0.2) is 41.0 Å². The highest BCUT2D eigenvalue weighted by atomic mass is 16.5. The lowest BCUT2D eigenvalue weighted by atomic mass is 9.82. The Balaban J connectivity index is 2.63. The predicted octanol–water partition coefficient (Wildman–Crippen LogP) is 2.49. The van der Waals surface area contributed by atoms with Gasteiger partial charge in [0.1, 0.15) is 23.2 Å². The van der Waals surface area contributed by atoms with Gasteiger partial charge in [0.15, 0.2) is 0 Å². The first-order chi connectivity index (χ1) is 12.5. The van der Waals surface area contributed by atoms with Crippen molar-refractivity contribution in [2.75, 3.05) is 20.8 Å². The lowest BCUT2D eigenvalue weighted by molar-refractivity contribution is -0.139. The summed E-state index contributed by atoms with van der Waals surface area (Å²) in [6, 6.07) is 7.43. The summed E-state index contributed by atoms with van der Waals surface area (Å²) in [7, 11) is 3.14. The van der Waals surface area contributed by atoms with Crippen LogP contribution >= 0.6 is 0 Å². The van der Waals surface area contributed by atoms with Crippen LogP contribution in [-0.2, 0) is 25.6 Å². The molecule has 0 saturated carbocycles. The maximum Gasteiger partial charge on any atom is 0.338 e.